The van der Waals surface area contributed by atoms with Crippen LogP contribution in [0.2, 0.25) is 0 Å². The minimum absolute atomic E-state index is 0.00947. The first-order valence-corrected chi connectivity index (χ1v) is 8.07. The average Bonchev–Trinajstić information content (AvgIpc) is 2.45. The smallest absolute Gasteiger partial charge is 0.258 e. The highest BCUT2D eigenvalue weighted by atomic mass is 32.2. The van der Waals surface area contributed by atoms with Gasteiger partial charge in [-0.25, -0.2) is 8.42 Å². The maximum Gasteiger partial charge on any atom is 0.269 e. The summed E-state index contributed by atoms with van der Waals surface area (Å²) in [5.74, 6) is 5.57. The maximum atomic E-state index is 12.1. The van der Waals surface area contributed by atoms with E-state index in [4.69, 9.17) is 0 Å². The molecule has 1 aromatic carbocycles. The van der Waals surface area contributed by atoms with E-state index in [-0.39, 0.29) is 16.3 Å². The molecule has 0 bridgehead atoms. The van der Waals surface area contributed by atoms with Gasteiger partial charge < -0.3 is 0 Å². The lowest BCUT2D eigenvalue weighted by Gasteiger charge is -2.04. The molecule has 0 atom stereocenters. The highest BCUT2D eigenvalue weighted by Crippen LogP contribution is 2.18. The van der Waals surface area contributed by atoms with E-state index in [2.05, 4.69) is 11.8 Å². The lowest BCUT2D eigenvalue weighted by molar-refractivity contribution is -0.384. The van der Waals surface area contributed by atoms with Gasteiger partial charge in [-0.15, -0.1) is 5.92 Å². The summed E-state index contributed by atoms with van der Waals surface area (Å²) in [5, 5.41) is 10.5. The van der Waals surface area contributed by atoms with Crippen LogP contribution in [0.3, 0.4) is 0 Å². The fraction of sp³-hybridized carbons (Fsp3) is 0.333. The fourth-order valence-electron chi connectivity index (χ4n) is 1.70. The number of nitro groups is 1. The summed E-state index contributed by atoms with van der Waals surface area (Å²) in [7, 11) is -3.40. The summed E-state index contributed by atoms with van der Waals surface area (Å²) in [6.07, 6.45) is 2.92. The molecular weight excluding hydrogens is 290 g/mol. The zero-order chi connectivity index (χ0) is 15.9. The van der Waals surface area contributed by atoms with E-state index in [1.165, 1.54) is 24.3 Å². The van der Waals surface area contributed by atoms with Crippen molar-refractivity contribution in [3.63, 3.8) is 0 Å². The molecule has 0 radical (unpaired) electrons. The Balaban J connectivity index is 2.69. The van der Waals surface area contributed by atoms with Gasteiger partial charge in [-0.05, 0) is 44.9 Å². The van der Waals surface area contributed by atoms with Crippen LogP contribution in [0.4, 0.5) is 5.69 Å². The zero-order valence-electron chi connectivity index (χ0n) is 12.0. The Morgan fingerprint density at radius 3 is 2.48 bits per heavy atom. The van der Waals surface area contributed by atoms with Crippen molar-refractivity contribution >= 4 is 15.5 Å². The van der Waals surface area contributed by atoms with Crippen LogP contribution in [0.1, 0.15) is 26.7 Å². The molecule has 0 N–H and O–H groups in total. The van der Waals surface area contributed by atoms with E-state index < -0.39 is 14.8 Å². The molecule has 0 unspecified atom stereocenters. The van der Waals surface area contributed by atoms with E-state index in [1.54, 1.807) is 13.0 Å². The normalized spacial score (nSPS) is 11.6. The zero-order valence-corrected chi connectivity index (χ0v) is 12.8. The standard InChI is InChI=1S/C15H17NO4S/c1-3-4-6-13(2)7-5-12-21(19,20)15-10-8-14(9-11-15)16(17)18/h6,8-11H,5,7,12H2,1-2H3/b13-6-. The third-order valence-electron chi connectivity index (χ3n) is 2.85. The Labute approximate surface area is 124 Å². The minimum atomic E-state index is -3.40. The number of allylic oxidation sites excluding steroid dienone is 2. The predicted molar refractivity (Wildman–Crippen MR) is 81.6 cm³/mol. The molecule has 0 spiro atoms. The third kappa shape index (κ3) is 5.40. The largest absolute Gasteiger partial charge is 0.269 e. The van der Waals surface area contributed by atoms with E-state index in [0.29, 0.717) is 12.8 Å². The Morgan fingerprint density at radius 1 is 1.33 bits per heavy atom. The fourth-order valence-corrected chi connectivity index (χ4v) is 3.01. The predicted octanol–water partition coefficient (Wildman–Crippen LogP) is 3.12. The van der Waals surface area contributed by atoms with Gasteiger partial charge in [0.2, 0.25) is 0 Å². The van der Waals surface area contributed by atoms with Crippen LogP contribution in [-0.4, -0.2) is 19.1 Å². The van der Waals surface area contributed by atoms with Gasteiger partial charge in [0.1, 0.15) is 0 Å². The summed E-state index contributed by atoms with van der Waals surface area (Å²) < 4.78 is 24.2. The van der Waals surface area contributed by atoms with Crippen LogP contribution >= 0.6 is 0 Å². The first-order valence-electron chi connectivity index (χ1n) is 6.42. The van der Waals surface area contributed by atoms with Gasteiger partial charge in [-0.2, -0.15) is 0 Å². The monoisotopic (exact) mass is 307 g/mol. The van der Waals surface area contributed by atoms with Crippen LogP contribution in [0, 0.1) is 22.0 Å². The average molecular weight is 307 g/mol. The quantitative estimate of drug-likeness (QED) is 0.459. The highest BCUT2D eigenvalue weighted by Gasteiger charge is 2.15. The molecule has 0 heterocycles. The van der Waals surface area contributed by atoms with E-state index in [9.17, 15) is 18.5 Å². The lowest BCUT2D eigenvalue weighted by Crippen LogP contribution is -2.07. The second kappa shape index (κ2) is 7.60. The second-order valence-corrected chi connectivity index (χ2v) is 6.67. The van der Waals surface area contributed by atoms with Crippen molar-refractivity contribution in [3.05, 3.63) is 46.0 Å². The molecule has 6 heteroatoms. The van der Waals surface area contributed by atoms with Crippen molar-refractivity contribution in [2.75, 3.05) is 5.75 Å². The van der Waals surface area contributed by atoms with E-state index in [0.717, 1.165) is 5.57 Å². The molecule has 21 heavy (non-hydrogen) atoms. The van der Waals surface area contributed by atoms with Gasteiger partial charge in [0.25, 0.3) is 5.69 Å². The molecular formula is C15H17NO4S. The Kier molecular flexibility index (Phi) is 6.12. The van der Waals surface area contributed by atoms with Gasteiger partial charge >= 0.3 is 0 Å². The first kappa shape index (κ1) is 16.9. The van der Waals surface area contributed by atoms with Crippen LogP contribution in [0.15, 0.2) is 40.8 Å². The minimum Gasteiger partial charge on any atom is -0.258 e. The van der Waals surface area contributed by atoms with Crippen molar-refractivity contribution in [3.8, 4) is 11.8 Å². The van der Waals surface area contributed by atoms with E-state index in [1.807, 2.05) is 6.92 Å². The molecule has 1 rings (SSSR count). The van der Waals surface area contributed by atoms with Gasteiger partial charge in [-0.1, -0.05) is 11.5 Å². The van der Waals surface area contributed by atoms with Crippen LogP contribution in [0.25, 0.3) is 0 Å². The summed E-state index contributed by atoms with van der Waals surface area (Å²) in [6.45, 7) is 3.64. The summed E-state index contributed by atoms with van der Waals surface area (Å²) in [5.41, 5.74) is 0.911. The first-order chi connectivity index (χ1) is 9.86. The van der Waals surface area contributed by atoms with Crippen LogP contribution in [-0.2, 0) is 9.84 Å². The number of nitro benzene ring substituents is 1. The van der Waals surface area contributed by atoms with Crippen molar-refractivity contribution in [2.24, 2.45) is 0 Å². The molecule has 0 amide bonds. The van der Waals surface area contributed by atoms with Gasteiger partial charge in [-0.3, -0.25) is 10.1 Å². The molecule has 112 valence electrons. The second-order valence-electron chi connectivity index (χ2n) is 4.56. The molecule has 0 aliphatic carbocycles. The number of rotatable bonds is 6. The molecule has 0 saturated carbocycles. The van der Waals surface area contributed by atoms with Crippen molar-refractivity contribution in [1.82, 2.24) is 0 Å². The number of sulfone groups is 1. The summed E-state index contributed by atoms with van der Waals surface area (Å²) >= 11 is 0. The summed E-state index contributed by atoms with van der Waals surface area (Å²) in [6, 6.07) is 4.96. The van der Waals surface area contributed by atoms with Crippen LogP contribution < -0.4 is 0 Å². The maximum absolute atomic E-state index is 12.1. The Hall–Kier alpha value is -2.13. The van der Waals surface area contributed by atoms with Gasteiger partial charge in [0.05, 0.1) is 15.6 Å². The lowest BCUT2D eigenvalue weighted by atomic mass is 10.2. The number of hydrogen-bond acceptors (Lipinski definition) is 4. The van der Waals surface area contributed by atoms with E-state index >= 15 is 0 Å². The molecule has 1 aromatic rings. The number of nitrogens with zero attached hydrogens (tertiary/aromatic N) is 1. The molecule has 0 fully saturated rings. The Morgan fingerprint density at radius 2 is 1.95 bits per heavy atom. The van der Waals surface area contributed by atoms with Crippen molar-refractivity contribution < 1.29 is 13.3 Å². The highest BCUT2D eigenvalue weighted by molar-refractivity contribution is 7.91. The number of non-ortho nitro benzene ring substituents is 1. The molecule has 0 aromatic heterocycles. The number of benzene rings is 1. The van der Waals surface area contributed by atoms with Crippen molar-refractivity contribution in [2.45, 2.75) is 31.6 Å². The Bertz CT molecular complexity index is 691. The van der Waals surface area contributed by atoms with Gasteiger partial charge in [0, 0.05) is 12.1 Å². The molecule has 0 aliphatic heterocycles. The van der Waals surface area contributed by atoms with Crippen LogP contribution in [0.5, 0.6) is 0 Å². The third-order valence-corrected chi connectivity index (χ3v) is 4.67. The molecule has 0 saturated heterocycles. The molecule has 5 nitrogen and oxygen atoms in total. The topological polar surface area (TPSA) is 77.3 Å². The van der Waals surface area contributed by atoms with Crippen molar-refractivity contribution in [1.29, 1.82) is 0 Å². The SMILES string of the molecule is CC#C/C=C(/C)CCCS(=O)(=O)c1ccc([N+](=O)[O-])cc1. The molecule has 0 aliphatic rings. The summed E-state index contributed by atoms with van der Waals surface area (Å²) in [4.78, 5) is 10.1. The number of hydrogen-bond donors (Lipinski definition) is 0. The van der Waals surface area contributed by atoms with Gasteiger partial charge in [0.15, 0.2) is 9.84 Å².